The van der Waals surface area contributed by atoms with E-state index in [0.29, 0.717) is 17.0 Å². The Labute approximate surface area is 369 Å². The lowest BCUT2D eigenvalue weighted by atomic mass is 10.0. The number of carbonyl (C=O) groups excluding carboxylic acids is 6. The second-order valence-electron chi connectivity index (χ2n) is 14.4. The van der Waals surface area contributed by atoms with Crippen molar-refractivity contribution < 1.29 is 48.6 Å². The van der Waals surface area contributed by atoms with E-state index < -0.39 is 96.6 Å². The number of nitrogens with one attached hydrogen (secondary N) is 11. The summed E-state index contributed by atoms with van der Waals surface area (Å²) < 4.78 is 0. The molecule has 0 aliphatic rings. The number of nitrogens with zero attached hydrogens (tertiary/aromatic N) is 2. The van der Waals surface area contributed by atoms with Crippen molar-refractivity contribution in [3.05, 3.63) is 72.5 Å². The van der Waals surface area contributed by atoms with Gasteiger partial charge in [0.2, 0.25) is 35.4 Å². The van der Waals surface area contributed by atoms with Gasteiger partial charge in [0.15, 0.2) is 5.96 Å². The van der Waals surface area contributed by atoms with Crippen LogP contribution < -0.4 is 48.7 Å². The van der Waals surface area contributed by atoms with Gasteiger partial charge in [-0.2, -0.15) is 12.6 Å². The average Bonchev–Trinajstić information content (AvgIpc) is 4.05. The highest BCUT2D eigenvalue weighted by Crippen LogP contribution is 2.19. The van der Waals surface area contributed by atoms with Gasteiger partial charge >= 0.3 is 11.9 Å². The molecule has 0 fully saturated rings. The number of para-hydroxylation sites is 1. The molecule has 6 amide bonds. The first kappa shape index (κ1) is 49.2. The highest BCUT2D eigenvalue weighted by atomic mass is 32.1. The number of aromatic nitrogens is 5. The molecule has 4 rings (SSSR count). The van der Waals surface area contributed by atoms with Crippen LogP contribution in [0.15, 0.2) is 55.5 Å². The number of guanidine groups is 1. The fourth-order valence-corrected chi connectivity index (χ4v) is 6.52. The summed E-state index contributed by atoms with van der Waals surface area (Å²) >= 11 is 3.97. The summed E-state index contributed by atoms with van der Waals surface area (Å²) in [7, 11) is 0. The maximum absolute atomic E-state index is 14.0. The summed E-state index contributed by atoms with van der Waals surface area (Å²) in [4.78, 5) is 121. The summed E-state index contributed by atoms with van der Waals surface area (Å²) in [5.41, 5.74) is 13.1. The molecule has 17 N–H and O–H groups in total. The van der Waals surface area contributed by atoms with Crippen molar-refractivity contribution in [3.63, 3.8) is 0 Å². The molecule has 4 aromatic rings. The largest absolute Gasteiger partial charge is 0.481 e. The van der Waals surface area contributed by atoms with E-state index in [1.54, 1.807) is 30.5 Å². The van der Waals surface area contributed by atoms with Crippen molar-refractivity contribution in [3.8, 4) is 0 Å². The zero-order valence-electron chi connectivity index (χ0n) is 34.2. The fraction of sp³-hybridized carbons (Fsp3) is 0.395. The van der Waals surface area contributed by atoms with Crippen LogP contribution in [0.2, 0.25) is 0 Å². The molecule has 0 aliphatic heterocycles. The molecule has 0 aliphatic carbocycles. The Morgan fingerprint density at radius 1 is 0.719 bits per heavy atom. The molecule has 3 heterocycles. The number of rotatable bonds is 26. The molecule has 0 radical (unpaired) electrons. The van der Waals surface area contributed by atoms with E-state index >= 15 is 0 Å². The minimum absolute atomic E-state index is 0.0507. The number of carboxylic acid groups (broad SMARTS) is 2. The molecule has 26 heteroatoms. The highest BCUT2D eigenvalue weighted by molar-refractivity contribution is 7.80. The highest BCUT2D eigenvalue weighted by Gasteiger charge is 2.33. The molecule has 0 saturated heterocycles. The van der Waals surface area contributed by atoms with Crippen molar-refractivity contribution in [2.24, 2.45) is 11.5 Å². The molecule has 64 heavy (non-hydrogen) atoms. The van der Waals surface area contributed by atoms with Crippen LogP contribution in [0.25, 0.3) is 10.9 Å². The molecule has 25 nitrogen and oxygen atoms in total. The second kappa shape index (κ2) is 24.2. The van der Waals surface area contributed by atoms with E-state index in [2.05, 4.69) is 74.8 Å². The van der Waals surface area contributed by atoms with Crippen LogP contribution in [0, 0.1) is 5.41 Å². The normalized spacial score (nSPS) is 13.8. The third kappa shape index (κ3) is 15.5. The molecular weight excluding hydrogens is 859 g/mol. The Kier molecular flexibility index (Phi) is 18.6. The van der Waals surface area contributed by atoms with E-state index in [1.807, 2.05) is 0 Å². The lowest BCUT2D eigenvalue weighted by Crippen LogP contribution is -2.59. The van der Waals surface area contributed by atoms with Gasteiger partial charge in [0.1, 0.15) is 30.2 Å². The lowest BCUT2D eigenvalue weighted by molar-refractivity contribution is -0.141. The van der Waals surface area contributed by atoms with E-state index in [0.717, 1.165) is 10.9 Å². The number of hydrogen-bond donors (Lipinski definition) is 16. The van der Waals surface area contributed by atoms with Crippen LogP contribution in [0.1, 0.15) is 36.2 Å². The first-order valence-corrected chi connectivity index (χ1v) is 20.4. The number of amides is 6. The van der Waals surface area contributed by atoms with Gasteiger partial charge in [0.25, 0.3) is 0 Å². The predicted molar refractivity (Wildman–Crippen MR) is 230 cm³/mol. The third-order valence-electron chi connectivity index (χ3n) is 9.52. The van der Waals surface area contributed by atoms with Gasteiger partial charge in [0, 0.05) is 61.1 Å². The van der Waals surface area contributed by atoms with Gasteiger partial charge < -0.3 is 73.8 Å². The van der Waals surface area contributed by atoms with Crippen molar-refractivity contribution in [1.82, 2.24) is 62.1 Å². The van der Waals surface area contributed by atoms with Crippen LogP contribution in [-0.2, 0) is 57.6 Å². The zero-order chi connectivity index (χ0) is 46.8. The van der Waals surface area contributed by atoms with Crippen molar-refractivity contribution in [2.45, 2.75) is 74.8 Å². The van der Waals surface area contributed by atoms with Gasteiger partial charge in [-0.1, -0.05) is 18.2 Å². The number of carbonyl (C=O) groups is 8. The number of thiol groups is 1. The number of fused-ring (bicyclic) bond motifs is 1. The molecule has 0 saturated carbocycles. The monoisotopic (exact) mass is 909 g/mol. The fourth-order valence-electron chi connectivity index (χ4n) is 6.27. The van der Waals surface area contributed by atoms with Crippen LogP contribution in [-0.4, -0.2) is 144 Å². The number of aromatic amines is 3. The van der Waals surface area contributed by atoms with Crippen molar-refractivity contribution in [1.29, 1.82) is 5.41 Å². The number of imidazole rings is 2. The number of carboxylic acids is 2. The van der Waals surface area contributed by atoms with Crippen LogP contribution in [0.3, 0.4) is 0 Å². The van der Waals surface area contributed by atoms with Crippen LogP contribution in [0.5, 0.6) is 0 Å². The number of H-pyrrole nitrogens is 3. The van der Waals surface area contributed by atoms with Gasteiger partial charge in [-0.15, -0.1) is 0 Å². The summed E-state index contributed by atoms with van der Waals surface area (Å²) in [5, 5.41) is 44.2. The Morgan fingerprint density at radius 3 is 1.86 bits per heavy atom. The van der Waals surface area contributed by atoms with E-state index in [9.17, 15) is 43.5 Å². The van der Waals surface area contributed by atoms with Crippen molar-refractivity contribution >= 4 is 76.9 Å². The second-order valence-corrected chi connectivity index (χ2v) is 14.7. The van der Waals surface area contributed by atoms with E-state index in [4.69, 9.17) is 22.0 Å². The minimum atomic E-state index is -1.49. The van der Waals surface area contributed by atoms with E-state index in [-0.39, 0.29) is 50.4 Å². The summed E-state index contributed by atoms with van der Waals surface area (Å²) in [6.07, 6.45) is 6.17. The number of hydrogen-bond acceptors (Lipinski definition) is 13. The molecule has 0 spiro atoms. The van der Waals surface area contributed by atoms with Gasteiger partial charge in [-0.3, -0.25) is 39.0 Å². The molecule has 0 unspecified atom stereocenters. The quantitative estimate of drug-likeness (QED) is 0.0125. The maximum atomic E-state index is 14.0. The third-order valence-corrected chi connectivity index (χ3v) is 9.89. The lowest BCUT2D eigenvalue weighted by Gasteiger charge is -2.26. The molecule has 0 bridgehead atoms. The number of aliphatic carboxylic acids is 2. The first-order chi connectivity index (χ1) is 30.5. The van der Waals surface area contributed by atoms with Gasteiger partial charge in [0.05, 0.1) is 43.0 Å². The maximum Gasteiger partial charge on any atom is 0.327 e. The van der Waals surface area contributed by atoms with Crippen LogP contribution >= 0.6 is 12.6 Å². The number of nitrogens with two attached hydrogens (primary N) is 2. The van der Waals surface area contributed by atoms with Crippen molar-refractivity contribution in [2.75, 3.05) is 18.8 Å². The Morgan fingerprint density at radius 2 is 1.28 bits per heavy atom. The molecule has 3 aromatic heterocycles. The zero-order valence-corrected chi connectivity index (χ0v) is 35.1. The predicted octanol–water partition coefficient (Wildman–Crippen LogP) is -3.74. The summed E-state index contributed by atoms with van der Waals surface area (Å²) in [6, 6.07) is -1.21. The van der Waals surface area contributed by atoms with Gasteiger partial charge in [-0.05, 0) is 24.5 Å². The van der Waals surface area contributed by atoms with Crippen LogP contribution in [0.4, 0.5) is 0 Å². The van der Waals surface area contributed by atoms with E-state index in [1.165, 1.54) is 25.0 Å². The first-order valence-electron chi connectivity index (χ1n) is 19.7. The molecule has 6 atom stereocenters. The summed E-state index contributed by atoms with van der Waals surface area (Å²) in [6.45, 7) is -0.576. The topological polar surface area (TPSA) is 410 Å². The number of benzene rings is 1. The molecule has 344 valence electrons. The summed E-state index contributed by atoms with van der Waals surface area (Å²) in [5.74, 6) is -8.54. The Balaban J connectivity index is 1.51. The molecular formula is C38H51N15O10S. The SMILES string of the molecule is N=C(N)NCCC[C@H](NC(=O)[C@H](Cc1c[nH]cn1)NC(=O)[C@H](Cc1c[nH]cn1)NC(=O)CNC(=O)[C@H](Cc1c[nH]c2ccccc12)NC(=O)[C@@H](N)CC(=O)O)C(=O)N[C@@H](CS)C(=O)O. The Hall–Kier alpha value is -7.48. The minimum Gasteiger partial charge on any atom is -0.481 e. The Bertz CT molecular complexity index is 2250. The smallest absolute Gasteiger partial charge is 0.327 e. The average molecular weight is 910 g/mol. The standard InChI is InChI=1S/C38H51N15O10S/c39-23(11-31(55)56)32(57)51-26(8-19-12-45-24-5-2-1-4-22(19)24)33(58)46-15-30(54)49-27(9-20-13-42-17-47-20)35(60)52-28(10-21-14-43-18-48-21)36(61)50-25(6-3-7-44-38(40)41)34(59)53-29(16-64)37(62)63/h1-2,4-5,12-14,17-18,23,25-29,45,64H,3,6-11,15-16,39H2,(H,42,47)(H,43,48)(H,46,58)(H,49,54)(H,50,61)(H,51,57)(H,52,60)(H,53,59)(H,55,56)(H,62,63)(H4,40,41,44)/t23-,25-,26-,27-,28-,29-/m0/s1. The molecule has 1 aromatic carbocycles. The van der Waals surface area contributed by atoms with Gasteiger partial charge in [-0.25, -0.2) is 14.8 Å².